The van der Waals surface area contributed by atoms with Gasteiger partial charge in [0.05, 0.1) is 25.0 Å². The van der Waals surface area contributed by atoms with Crippen LogP contribution in [0.5, 0.6) is 11.5 Å². The molecule has 13 heteroatoms. The van der Waals surface area contributed by atoms with Crippen molar-refractivity contribution in [2.24, 2.45) is 5.10 Å². The van der Waals surface area contributed by atoms with Crippen LogP contribution in [0.2, 0.25) is 0 Å². The molecule has 3 amide bonds. The third-order valence-electron chi connectivity index (χ3n) is 4.66. The minimum atomic E-state index is -4.53. The first kappa shape index (κ1) is 30.1. The van der Waals surface area contributed by atoms with E-state index in [1.54, 1.807) is 6.07 Å². The summed E-state index contributed by atoms with van der Waals surface area (Å²) in [6, 6.07) is 8.75. The number of methoxy groups -OCH3 is 1. The molecule has 0 aliphatic heterocycles. The zero-order valence-electron chi connectivity index (χ0n) is 21.1. The van der Waals surface area contributed by atoms with Gasteiger partial charge in [-0.3, -0.25) is 14.4 Å². The Bertz CT molecular complexity index is 1140. The first-order chi connectivity index (χ1) is 18.0. The second-order valence-electron chi connectivity index (χ2n) is 8.05. The van der Waals surface area contributed by atoms with Gasteiger partial charge in [0.2, 0.25) is 0 Å². The van der Waals surface area contributed by atoms with E-state index in [9.17, 15) is 27.6 Å². The smallest absolute Gasteiger partial charge is 0.416 e. The number of carbonyl (C=O) groups is 3. The van der Waals surface area contributed by atoms with Gasteiger partial charge >= 0.3 is 18.0 Å². The van der Waals surface area contributed by atoms with E-state index in [1.807, 2.05) is 13.8 Å². The average molecular weight is 539 g/mol. The quantitative estimate of drug-likeness (QED) is 0.165. The van der Waals surface area contributed by atoms with Crippen molar-refractivity contribution in [1.82, 2.24) is 10.7 Å². The van der Waals surface area contributed by atoms with Crippen molar-refractivity contribution in [3.05, 3.63) is 53.6 Å². The Morgan fingerprint density at radius 2 is 1.82 bits per heavy atom. The predicted octanol–water partition coefficient (Wildman–Crippen LogP) is 3.11. The van der Waals surface area contributed by atoms with E-state index in [-0.39, 0.29) is 29.8 Å². The molecule has 0 heterocycles. The van der Waals surface area contributed by atoms with Crippen LogP contribution in [-0.2, 0) is 25.3 Å². The molecule has 38 heavy (non-hydrogen) atoms. The number of benzene rings is 2. The molecule has 0 bridgehead atoms. The predicted molar refractivity (Wildman–Crippen MR) is 133 cm³/mol. The highest BCUT2D eigenvalue weighted by molar-refractivity contribution is 6.35. The number of ether oxygens (including phenoxy) is 3. The molecule has 10 nitrogen and oxygen atoms in total. The van der Waals surface area contributed by atoms with Crippen LogP contribution in [0.3, 0.4) is 0 Å². The number of anilines is 1. The second-order valence-corrected chi connectivity index (χ2v) is 8.05. The van der Waals surface area contributed by atoms with Crippen molar-refractivity contribution in [1.29, 1.82) is 0 Å². The van der Waals surface area contributed by atoms with Crippen LogP contribution in [0.25, 0.3) is 0 Å². The lowest BCUT2D eigenvalue weighted by Gasteiger charge is -2.12. The van der Waals surface area contributed by atoms with Gasteiger partial charge in [-0.2, -0.15) is 18.3 Å². The monoisotopic (exact) mass is 538 g/mol. The van der Waals surface area contributed by atoms with Crippen LogP contribution >= 0.6 is 0 Å². The standard InChI is InChI=1S/C25H29F3N4O6/c1-16(2)37-11-5-10-29-23(34)24(35)32-30-14-17-8-9-20(21(12-17)36-3)38-15-22(33)31-19-7-4-6-18(13-19)25(26,27)28/h4,6-9,12-14,16H,5,10-11,15H2,1-3H3,(H,29,34)(H,31,33)(H,32,35)/b30-14-. The third-order valence-corrected chi connectivity index (χ3v) is 4.66. The third kappa shape index (κ3) is 10.5. The molecule has 3 N–H and O–H groups in total. The molecule has 0 atom stereocenters. The summed E-state index contributed by atoms with van der Waals surface area (Å²) >= 11 is 0. The van der Waals surface area contributed by atoms with Gasteiger partial charge in [0.1, 0.15) is 0 Å². The molecular weight excluding hydrogens is 509 g/mol. The van der Waals surface area contributed by atoms with Gasteiger partial charge in [-0.1, -0.05) is 6.07 Å². The normalized spacial score (nSPS) is 11.3. The van der Waals surface area contributed by atoms with Crippen LogP contribution in [0, 0.1) is 0 Å². The van der Waals surface area contributed by atoms with Gasteiger partial charge in [0.25, 0.3) is 5.91 Å². The minimum Gasteiger partial charge on any atom is -0.493 e. The fourth-order valence-corrected chi connectivity index (χ4v) is 2.89. The van der Waals surface area contributed by atoms with Gasteiger partial charge in [-0.25, -0.2) is 5.43 Å². The van der Waals surface area contributed by atoms with E-state index in [0.717, 1.165) is 12.1 Å². The van der Waals surface area contributed by atoms with Gasteiger partial charge in [-0.15, -0.1) is 0 Å². The Hall–Kier alpha value is -4.13. The lowest BCUT2D eigenvalue weighted by molar-refractivity contribution is -0.139. The second kappa shape index (κ2) is 14.6. The summed E-state index contributed by atoms with van der Waals surface area (Å²) in [5.41, 5.74) is 1.68. The van der Waals surface area contributed by atoms with Crippen molar-refractivity contribution in [3.8, 4) is 11.5 Å². The molecule has 0 saturated heterocycles. The topological polar surface area (TPSA) is 127 Å². The number of hydrogen-bond donors (Lipinski definition) is 3. The summed E-state index contributed by atoms with van der Waals surface area (Å²) in [7, 11) is 1.37. The van der Waals surface area contributed by atoms with E-state index >= 15 is 0 Å². The largest absolute Gasteiger partial charge is 0.493 e. The number of hydrazone groups is 1. The fraction of sp³-hybridized carbons (Fsp3) is 0.360. The molecule has 2 aromatic carbocycles. The minimum absolute atomic E-state index is 0.0252. The van der Waals surface area contributed by atoms with Crippen LogP contribution < -0.4 is 25.5 Å². The fourth-order valence-electron chi connectivity index (χ4n) is 2.89. The molecule has 2 rings (SSSR count). The number of amides is 3. The molecular formula is C25H29F3N4O6. The van der Waals surface area contributed by atoms with Crippen LogP contribution in [0.4, 0.5) is 18.9 Å². The highest BCUT2D eigenvalue weighted by atomic mass is 19.4. The average Bonchev–Trinajstić information content (AvgIpc) is 2.86. The maximum absolute atomic E-state index is 12.8. The number of halogens is 3. The summed E-state index contributed by atoms with van der Waals surface area (Å²) in [6.45, 7) is 4.04. The molecule has 206 valence electrons. The molecule has 0 spiro atoms. The summed E-state index contributed by atoms with van der Waals surface area (Å²) < 4.78 is 54.5. The molecule has 0 unspecified atom stereocenters. The zero-order valence-corrected chi connectivity index (χ0v) is 21.1. The van der Waals surface area contributed by atoms with E-state index < -0.39 is 36.1 Å². The molecule has 0 aromatic heterocycles. The number of carbonyl (C=O) groups excluding carboxylic acids is 3. The van der Waals surface area contributed by atoms with Crippen molar-refractivity contribution in [2.75, 3.05) is 32.2 Å². The number of nitrogens with zero attached hydrogens (tertiary/aromatic N) is 1. The van der Waals surface area contributed by atoms with Crippen molar-refractivity contribution in [3.63, 3.8) is 0 Å². The van der Waals surface area contributed by atoms with Crippen molar-refractivity contribution in [2.45, 2.75) is 32.5 Å². The lowest BCUT2D eigenvalue weighted by Crippen LogP contribution is -2.38. The Morgan fingerprint density at radius 1 is 1.05 bits per heavy atom. The Balaban J connectivity index is 1.85. The number of nitrogens with one attached hydrogen (secondary N) is 3. The van der Waals surface area contributed by atoms with Gasteiger partial charge in [0.15, 0.2) is 18.1 Å². The maximum Gasteiger partial charge on any atom is 0.416 e. The molecule has 0 aliphatic carbocycles. The first-order valence-electron chi connectivity index (χ1n) is 11.5. The first-order valence-corrected chi connectivity index (χ1v) is 11.5. The number of rotatable bonds is 12. The van der Waals surface area contributed by atoms with Gasteiger partial charge in [0, 0.05) is 18.8 Å². The molecule has 0 radical (unpaired) electrons. The summed E-state index contributed by atoms with van der Waals surface area (Å²) in [6.07, 6.45) is -2.62. The van der Waals surface area contributed by atoms with Gasteiger partial charge in [-0.05, 0) is 62.2 Å². The van der Waals surface area contributed by atoms with E-state index in [4.69, 9.17) is 14.2 Å². The van der Waals surface area contributed by atoms with Crippen LogP contribution in [0.1, 0.15) is 31.4 Å². The van der Waals surface area contributed by atoms with E-state index in [2.05, 4.69) is 21.2 Å². The number of alkyl halides is 3. The lowest BCUT2D eigenvalue weighted by atomic mass is 10.2. The maximum atomic E-state index is 12.8. The van der Waals surface area contributed by atoms with Crippen LogP contribution in [0.15, 0.2) is 47.6 Å². The molecule has 0 saturated carbocycles. The number of hydrogen-bond acceptors (Lipinski definition) is 7. The molecule has 2 aromatic rings. The van der Waals surface area contributed by atoms with E-state index in [1.165, 1.54) is 37.6 Å². The van der Waals surface area contributed by atoms with Crippen LogP contribution in [-0.4, -0.2) is 56.9 Å². The zero-order chi connectivity index (χ0) is 28.1. The molecule has 0 fully saturated rings. The molecule has 0 aliphatic rings. The Labute approximate surface area is 217 Å². The van der Waals surface area contributed by atoms with E-state index in [0.29, 0.717) is 18.6 Å². The Kier molecular flexibility index (Phi) is 11.5. The summed E-state index contributed by atoms with van der Waals surface area (Å²) in [4.78, 5) is 35.7. The highest BCUT2D eigenvalue weighted by Crippen LogP contribution is 2.31. The summed E-state index contributed by atoms with van der Waals surface area (Å²) in [5, 5.41) is 8.52. The van der Waals surface area contributed by atoms with Crippen molar-refractivity contribution >= 4 is 29.6 Å². The SMILES string of the molecule is COc1cc(/C=N\NC(=O)C(=O)NCCCOC(C)C)ccc1OCC(=O)Nc1cccc(C(F)(F)F)c1. The van der Waals surface area contributed by atoms with Gasteiger partial charge < -0.3 is 24.8 Å². The van der Waals surface area contributed by atoms with Crippen molar-refractivity contribution < 1.29 is 41.8 Å². The highest BCUT2D eigenvalue weighted by Gasteiger charge is 2.30. The summed E-state index contributed by atoms with van der Waals surface area (Å²) in [5.74, 6) is -2.03. The Morgan fingerprint density at radius 3 is 2.50 bits per heavy atom.